The van der Waals surface area contributed by atoms with Crippen molar-refractivity contribution in [2.75, 3.05) is 6.61 Å². The summed E-state index contributed by atoms with van der Waals surface area (Å²) in [6, 6.07) is 5.73. The first-order chi connectivity index (χ1) is 10.2. The van der Waals surface area contributed by atoms with Crippen molar-refractivity contribution in [3.8, 4) is 6.07 Å². The molecule has 0 aromatic carbocycles. The molecule has 1 N–H and O–H groups in total. The van der Waals surface area contributed by atoms with Gasteiger partial charge in [0.15, 0.2) is 0 Å². The highest BCUT2D eigenvalue weighted by Crippen LogP contribution is 2.31. The van der Waals surface area contributed by atoms with Gasteiger partial charge in [0.2, 0.25) is 5.76 Å². The molecule has 0 spiro atoms. The fraction of sp³-hybridized carbons (Fsp3) is 0.467. The number of nitrogens with zero attached hydrogens (tertiary/aromatic N) is 3. The predicted molar refractivity (Wildman–Crippen MR) is 75.3 cm³/mol. The molecule has 0 aliphatic carbocycles. The summed E-state index contributed by atoms with van der Waals surface area (Å²) in [4.78, 5) is 0. The van der Waals surface area contributed by atoms with Crippen LogP contribution < -0.4 is 5.32 Å². The number of ether oxygens (including phenoxy) is 1. The van der Waals surface area contributed by atoms with Gasteiger partial charge in [0.05, 0.1) is 12.7 Å². The van der Waals surface area contributed by atoms with Crippen LogP contribution in [0, 0.1) is 18.3 Å². The van der Waals surface area contributed by atoms with Gasteiger partial charge in [0.1, 0.15) is 17.9 Å². The summed E-state index contributed by atoms with van der Waals surface area (Å²) in [5.41, 5.74) is 2.25. The average Bonchev–Trinajstić information content (AvgIpc) is 3.19. The number of furan rings is 1. The molecule has 2 aromatic heterocycles. The fourth-order valence-electron chi connectivity index (χ4n) is 2.66. The zero-order valence-electron chi connectivity index (χ0n) is 12.2. The molecule has 1 aliphatic rings. The zero-order chi connectivity index (χ0) is 14.8. The molecule has 6 nitrogen and oxygen atoms in total. The van der Waals surface area contributed by atoms with Crippen LogP contribution in [0.4, 0.5) is 0 Å². The van der Waals surface area contributed by atoms with Crippen LogP contribution >= 0.6 is 0 Å². The van der Waals surface area contributed by atoms with E-state index in [1.54, 1.807) is 6.07 Å². The summed E-state index contributed by atoms with van der Waals surface area (Å²) < 4.78 is 13.1. The van der Waals surface area contributed by atoms with Crippen LogP contribution in [0.15, 0.2) is 22.7 Å². The normalized spacial score (nSPS) is 21.6. The van der Waals surface area contributed by atoms with Crippen LogP contribution in [0.1, 0.15) is 35.3 Å². The van der Waals surface area contributed by atoms with Gasteiger partial charge in [-0.25, -0.2) is 0 Å². The molecule has 1 saturated heterocycles. The third-order valence-corrected chi connectivity index (χ3v) is 3.98. The lowest BCUT2D eigenvalue weighted by Gasteiger charge is -2.19. The van der Waals surface area contributed by atoms with E-state index in [9.17, 15) is 0 Å². The summed E-state index contributed by atoms with van der Waals surface area (Å²) in [6.07, 6.45) is 2.84. The highest BCUT2D eigenvalue weighted by atomic mass is 16.5. The maximum atomic E-state index is 8.76. The van der Waals surface area contributed by atoms with Crippen LogP contribution in [-0.2, 0) is 18.3 Å². The first-order valence-corrected chi connectivity index (χ1v) is 7.01. The number of nitrogens with one attached hydrogen (secondary N) is 1. The maximum Gasteiger partial charge on any atom is 0.203 e. The summed E-state index contributed by atoms with van der Waals surface area (Å²) in [7, 11) is 1.93. The lowest BCUT2D eigenvalue weighted by atomic mass is 10.0. The molecular weight excluding hydrogens is 268 g/mol. The number of nitriles is 1. The molecule has 2 aromatic rings. The van der Waals surface area contributed by atoms with Crippen molar-refractivity contribution in [1.29, 1.82) is 5.26 Å². The number of aryl methyl sites for hydroxylation is 1. The fourth-order valence-corrected chi connectivity index (χ4v) is 2.66. The second-order valence-corrected chi connectivity index (χ2v) is 5.25. The molecule has 0 amide bonds. The van der Waals surface area contributed by atoms with E-state index in [4.69, 9.17) is 14.4 Å². The van der Waals surface area contributed by atoms with E-state index >= 15 is 0 Å². The molecule has 0 unspecified atom stereocenters. The summed E-state index contributed by atoms with van der Waals surface area (Å²) >= 11 is 0. The molecule has 0 saturated carbocycles. The Balaban J connectivity index is 1.67. The Morgan fingerprint density at radius 1 is 1.52 bits per heavy atom. The van der Waals surface area contributed by atoms with E-state index in [-0.39, 0.29) is 12.1 Å². The molecule has 21 heavy (non-hydrogen) atoms. The van der Waals surface area contributed by atoms with E-state index in [1.807, 2.05) is 37.0 Å². The molecule has 0 bridgehead atoms. The highest BCUT2D eigenvalue weighted by molar-refractivity contribution is 5.22. The van der Waals surface area contributed by atoms with Crippen LogP contribution in [-0.4, -0.2) is 22.4 Å². The highest BCUT2D eigenvalue weighted by Gasteiger charge is 2.31. The van der Waals surface area contributed by atoms with E-state index in [0.29, 0.717) is 12.3 Å². The van der Waals surface area contributed by atoms with Crippen LogP contribution in [0.2, 0.25) is 0 Å². The standard InChI is InChI=1S/C15H18N4O2/c1-10-13(9-18-19(10)2)15-14(5-6-20-15)17-8-12-4-3-11(7-16)21-12/h3-4,9,14-15,17H,5-6,8H2,1-2H3/t14-,15+/m0/s1. The van der Waals surface area contributed by atoms with Crippen molar-refractivity contribution in [2.45, 2.75) is 32.0 Å². The molecule has 6 heteroatoms. The number of hydrogen-bond acceptors (Lipinski definition) is 5. The second-order valence-electron chi connectivity index (χ2n) is 5.25. The molecular formula is C15H18N4O2. The van der Waals surface area contributed by atoms with Gasteiger partial charge in [0.25, 0.3) is 0 Å². The molecule has 1 aliphatic heterocycles. The zero-order valence-corrected chi connectivity index (χ0v) is 12.2. The maximum absolute atomic E-state index is 8.76. The third kappa shape index (κ3) is 2.71. The van der Waals surface area contributed by atoms with Crippen molar-refractivity contribution in [3.63, 3.8) is 0 Å². The third-order valence-electron chi connectivity index (χ3n) is 3.98. The average molecular weight is 286 g/mol. The van der Waals surface area contributed by atoms with E-state index < -0.39 is 0 Å². The monoisotopic (exact) mass is 286 g/mol. The van der Waals surface area contributed by atoms with Gasteiger partial charge in [-0.3, -0.25) is 4.68 Å². The van der Waals surface area contributed by atoms with E-state index in [0.717, 1.165) is 30.0 Å². The Hall–Kier alpha value is -2.10. The summed E-state index contributed by atoms with van der Waals surface area (Å²) in [5.74, 6) is 1.11. The minimum Gasteiger partial charge on any atom is -0.449 e. The number of hydrogen-bond donors (Lipinski definition) is 1. The predicted octanol–water partition coefficient (Wildman–Crippen LogP) is 1.81. The van der Waals surface area contributed by atoms with Crippen molar-refractivity contribution in [2.24, 2.45) is 7.05 Å². The lowest BCUT2D eigenvalue weighted by molar-refractivity contribution is 0.0975. The van der Waals surface area contributed by atoms with Crippen molar-refractivity contribution < 1.29 is 9.15 Å². The molecule has 110 valence electrons. The quantitative estimate of drug-likeness (QED) is 0.927. The number of aromatic nitrogens is 2. The summed E-state index contributed by atoms with van der Waals surface area (Å²) in [6.45, 7) is 3.37. The van der Waals surface area contributed by atoms with Gasteiger partial charge in [-0.05, 0) is 25.5 Å². The topological polar surface area (TPSA) is 76.0 Å². The van der Waals surface area contributed by atoms with E-state index in [1.165, 1.54) is 0 Å². The molecule has 3 rings (SSSR count). The SMILES string of the molecule is Cc1c([C@H]2OCC[C@@H]2NCc2ccc(C#N)o2)cnn1C. The van der Waals surface area contributed by atoms with Gasteiger partial charge < -0.3 is 14.5 Å². The van der Waals surface area contributed by atoms with Crippen LogP contribution in [0.5, 0.6) is 0 Å². The first kappa shape index (κ1) is 13.9. The molecule has 3 heterocycles. The molecule has 2 atom stereocenters. The largest absolute Gasteiger partial charge is 0.449 e. The van der Waals surface area contributed by atoms with Gasteiger partial charge in [-0.1, -0.05) is 0 Å². The van der Waals surface area contributed by atoms with Gasteiger partial charge >= 0.3 is 0 Å². The Labute approximate surface area is 123 Å². The minimum absolute atomic E-state index is 0.0177. The van der Waals surface area contributed by atoms with Gasteiger partial charge in [-0.2, -0.15) is 10.4 Å². The minimum atomic E-state index is 0.0177. The first-order valence-electron chi connectivity index (χ1n) is 7.01. The van der Waals surface area contributed by atoms with Crippen molar-refractivity contribution in [1.82, 2.24) is 15.1 Å². The van der Waals surface area contributed by atoms with Gasteiger partial charge in [-0.15, -0.1) is 0 Å². The van der Waals surface area contributed by atoms with Gasteiger partial charge in [0, 0.05) is 31.0 Å². The van der Waals surface area contributed by atoms with Crippen LogP contribution in [0.25, 0.3) is 0 Å². The lowest BCUT2D eigenvalue weighted by Crippen LogP contribution is -2.31. The molecule has 1 fully saturated rings. The Morgan fingerprint density at radius 3 is 3.05 bits per heavy atom. The van der Waals surface area contributed by atoms with Crippen LogP contribution in [0.3, 0.4) is 0 Å². The van der Waals surface area contributed by atoms with Crippen molar-refractivity contribution in [3.05, 3.63) is 41.1 Å². The molecule has 0 radical (unpaired) electrons. The van der Waals surface area contributed by atoms with Crippen molar-refractivity contribution >= 4 is 0 Å². The summed E-state index contributed by atoms with van der Waals surface area (Å²) in [5, 5.41) is 16.5. The Bertz CT molecular complexity index is 668. The smallest absolute Gasteiger partial charge is 0.203 e. The Kier molecular flexibility index (Phi) is 3.78. The van der Waals surface area contributed by atoms with E-state index in [2.05, 4.69) is 10.4 Å². The number of rotatable bonds is 4. The second kappa shape index (κ2) is 5.72. The Morgan fingerprint density at radius 2 is 2.38 bits per heavy atom.